The molecule has 3 heteroatoms. The van der Waals surface area contributed by atoms with E-state index in [2.05, 4.69) is 6.58 Å². The summed E-state index contributed by atoms with van der Waals surface area (Å²) in [5.41, 5.74) is 1.03. The largest absolute Gasteiger partial charge is 0.481 e. The van der Waals surface area contributed by atoms with Gasteiger partial charge in [0.25, 0.3) is 0 Å². The van der Waals surface area contributed by atoms with E-state index in [0.717, 1.165) is 0 Å². The number of aliphatic hydroxyl groups is 1. The summed E-state index contributed by atoms with van der Waals surface area (Å²) in [5, 5.41) is 18.8. The summed E-state index contributed by atoms with van der Waals surface area (Å²) in [4.78, 5) is 10.9. The van der Waals surface area contributed by atoms with Gasteiger partial charge in [0.05, 0.1) is 6.10 Å². The molecule has 2 N–H and O–H groups in total. The average molecular weight is 206 g/mol. The third-order valence-corrected chi connectivity index (χ3v) is 2.25. The molecule has 3 nitrogen and oxygen atoms in total. The number of rotatable bonds is 4. The lowest BCUT2D eigenvalue weighted by Gasteiger charge is -2.19. The van der Waals surface area contributed by atoms with Crippen molar-refractivity contribution in [2.24, 2.45) is 5.92 Å². The zero-order valence-corrected chi connectivity index (χ0v) is 8.55. The van der Waals surface area contributed by atoms with Crippen molar-refractivity contribution >= 4 is 5.97 Å². The Hall–Kier alpha value is -1.61. The van der Waals surface area contributed by atoms with Gasteiger partial charge in [-0.1, -0.05) is 42.5 Å². The van der Waals surface area contributed by atoms with Gasteiger partial charge in [0.15, 0.2) is 0 Å². The summed E-state index contributed by atoms with van der Waals surface area (Å²) < 4.78 is 0. The maximum absolute atomic E-state index is 10.9. The fourth-order valence-corrected chi connectivity index (χ4v) is 1.46. The van der Waals surface area contributed by atoms with Crippen LogP contribution in [0.1, 0.15) is 18.6 Å². The van der Waals surface area contributed by atoms with E-state index in [1.807, 2.05) is 6.07 Å². The molecule has 1 aromatic rings. The second-order valence-electron chi connectivity index (χ2n) is 3.52. The molecule has 0 aliphatic rings. The van der Waals surface area contributed by atoms with Crippen molar-refractivity contribution in [1.29, 1.82) is 0 Å². The highest BCUT2D eigenvalue weighted by Crippen LogP contribution is 2.26. The van der Waals surface area contributed by atoms with Crippen molar-refractivity contribution in [2.75, 3.05) is 0 Å². The van der Waals surface area contributed by atoms with Crippen molar-refractivity contribution in [2.45, 2.75) is 13.0 Å². The van der Waals surface area contributed by atoms with Crippen LogP contribution in [0.3, 0.4) is 0 Å². The van der Waals surface area contributed by atoms with E-state index in [4.69, 9.17) is 5.11 Å². The number of aliphatic hydroxyl groups excluding tert-OH is 1. The number of carbonyl (C=O) groups is 1. The van der Waals surface area contributed by atoms with Crippen LogP contribution < -0.4 is 0 Å². The van der Waals surface area contributed by atoms with Crippen LogP contribution in [0.4, 0.5) is 0 Å². The van der Waals surface area contributed by atoms with E-state index >= 15 is 0 Å². The molecule has 0 amide bonds. The molecule has 0 bridgehead atoms. The van der Waals surface area contributed by atoms with Gasteiger partial charge in [-0.2, -0.15) is 0 Å². The summed E-state index contributed by atoms with van der Waals surface area (Å²) in [6.45, 7) is 5.18. The predicted molar refractivity (Wildman–Crippen MR) is 57.3 cm³/mol. The highest BCUT2D eigenvalue weighted by molar-refractivity contribution is 5.74. The molecule has 0 unspecified atom stereocenters. The van der Waals surface area contributed by atoms with Gasteiger partial charge < -0.3 is 10.2 Å². The number of benzene rings is 1. The minimum absolute atomic E-state index is 0.443. The molecule has 0 saturated carbocycles. The SMILES string of the molecule is C=C(C)[C@@H](C(=O)O)[C@H](O)c1ccccc1. The third kappa shape index (κ3) is 2.67. The molecule has 0 spiro atoms. The predicted octanol–water partition coefficient (Wildman–Crippen LogP) is 2.00. The van der Waals surface area contributed by atoms with Gasteiger partial charge in [-0.05, 0) is 12.5 Å². The van der Waals surface area contributed by atoms with E-state index in [1.165, 1.54) is 0 Å². The lowest BCUT2D eigenvalue weighted by Crippen LogP contribution is -2.22. The Morgan fingerprint density at radius 3 is 2.27 bits per heavy atom. The Morgan fingerprint density at radius 1 is 1.33 bits per heavy atom. The topological polar surface area (TPSA) is 57.5 Å². The second-order valence-corrected chi connectivity index (χ2v) is 3.52. The van der Waals surface area contributed by atoms with Crippen LogP contribution >= 0.6 is 0 Å². The maximum atomic E-state index is 10.9. The van der Waals surface area contributed by atoms with E-state index in [0.29, 0.717) is 11.1 Å². The smallest absolute Gasteiger partial charge is 0.313 e. The van der Waals surface area contributed by atoms with Crippen LogP contribution in [0.15, 0.2) is 42.5 Å². The standard InChI is InChI=1S/C12H14O3/c1-8(2)10(12(14)15)11(13)9-6-4-3-5-7-9/h3-7,10-11,13H,1H2,2H3,(H,14,15)/t10-,11-/m1/s1. The first-order valence-corrected chi connectivity index (χ1v) is 4.65. The van der Waals surface area contributed by atoms with Gasteiger partial charge in [-0.3, -0.25) is 4.79 Å². The van der Waals surface area contributed by atoms with Crippen molar-refractivity contribution in [1.82, 2.24) is 0 Å². The summed E-state index contributed by atoms with van der Waals surface area (Å²) in [7, 11) is 0. The zero-order valence-electron chi connectivity index (χ0n) is 8.55. The monoisotopic (exact) mass is 206 g/mol. The van der Waals surface area contributed by atoms with Gasteiger partial charge in [0.2, 0.25) is 0 Å². The molecule has 0 aromatic heterocycles. The van der Waals surface area contributed by atoms with Crippen LogP contribution in [0.2, 0.25) is 0 Å². The van der Waals surface area contributed by atoms with E-state index < -0.39 is 18.0 Å². The van der Waals surface area contributed by atoms with E-state index in [1.54, 1.807) is 31.2 Å². The Kier molecular flexibility index (Phi) is 3.63. The number of carboxylic acids is 1. The maximum Gasteiger partial charge on any atom is 0.313 e. The molecule has 1 aromatic carbocycles. The quantitative estimate of drug-likeness (QED) is 0.741. The van der Waals surface area contributed by atoms with E-state index in [-0.39, 0.29) is 0 Å². The highest BCUT2D eigenvalue weighted by Gasteiger charge is 2.28. The molecule has 0 heterocycles. The summed E-state index contributed by atoms with van der Waals surface area (Å²) in [6, 6.07) is 8.73. The van der Waals surface area contributed by atoms with Crippen LogP contribution in [0.25, 0.3) is 0 Å². The molecule has 0 fully saturated rings. The molecule has 0 radical (unpaired) electrons. The van der Waals surface area contributed by atoms with Gasteiger partial charge in [-0.15, -0.1) is 0 Å². The molecule has 1 rings (SSSR count). The fraction of sp³-hybridized carbons (Fsp3) is 0.250. The Labute approximate surface area is 88.7 Å². The van der Waals surface area contributed by atoms with Crippen LogP contribution in [-0.4, -0.2) is 16.2 Å². The summed E-state index contributed by atoms with van der Waals surface area (Å²) in [6.07, 6.45) is -1.04. The van der Waals surface area contributed by atoms with Crippen molar-refractivity contribution < 1.29 is 15.0 Å². The fourth-order valence-electron chi connectivity index (χ4n) is 1.46. The van der Waals surface area contributed by atoms with Crippen molar-refractivity contribution in [3.8, 4) is 0 Å². The number of hydrogen-bond donors (Lipinski definition) is 2. The lowest BCUT2D eigenvalue weighted by molar-refractivity contribution is -0.143. The number of hydrogen-bond acceptors (Lipinski definition) is 2. The highest BCUT2D eigenvalue weighted by atomic mass is 16.4. The molecular formula is C12H14O3. The minimum Gasteiger partial charge on any atom is -0.481 e. The molecular weight excluding hydrogens is 192 g/mol. The summed E-state index contributed by atoms with van der Waals surface area (Å²) in [5.74, 6) is -2.01. The Balaban J connectivity index is 2.96. The zero-order chi connectivity index (χ0) is 11.4. The van der Waals surface area contributed by atoms with Crippen LogP contribution in [0, 0.1) is 5.92 Å². The molecule has 0 aliphatic carbocycles. The van der Waals surface area contributed by atoms with Crippen LogP contribution in [0.5, 0.6) is 0 Å². The van der Waals surface area contributed by atoms with Crippen molar-refractivity contribution in [3.63, 3.8) is 0 Å². The lowest BCUT2D eigenvalue weighted by atomic mass is 9.91. The van der Waals surface area contributed by atoms with E-state index in [9.17, 15) is 9.90 Å². The Morgan fingerprint density at radius 2 is 1.87 bits per heavy atom. The third-order valence-electron chi connectivity index (χ3n) is 2.25. The first kappa shape index (κ1) is 11.5. The molecule has 0 aliphatic heterocycles. The summed E-state index contributed by atoms with van der Waals surface area (Å²) >= 11 is 0. The Bertz CT molecular complexity index is 342. The van der Waals surface area contributed by atoms with Crippen LogP contribution in [-0.2, 0) is 4.79 Å². The molecule has 15 heavy (non-hydrogen) atoms. The minimum atomic E-state index is -1.06. The normalized spacial score (nSPS) is 14.3. The molecule has 0 saturated heterocycles. The van der Waals surface area contributed by atoms with Gasteiger partial charge >= 0.3 is 5.97 Å². The average Bonchev–Trinajstić information content (AvgIpc) is 2.18. The molecule has 2 atom stereocenters. The second kappa shape index (κ2) is 4.75. The van der Waals surface area contributed by atoms with Gasteiger partial charge in [-0.25, -0.2) is 0 Å². The number of carboxylic acid groups (broad SMARTS) is 1. The van der Waals surface area contributed by atoms with Gasteiger partial charge in [0.1, 0.15) is 5.92 Å². The first-order chi connectivity index (χ1) is 7.04. The molecule has 80 valence electrons. The first-order valence-electron chi connectivity index (χ1n) is 4.65. The van der Waals surface area contributed by atoms with Gasteiger partial charge in [0, 0.05) is 0 Å². The van der Waals surface area contributed by atoms with Crippen molar-refractivity contribution in [3.05, 3.63) is 48.0 Å². The number of aliphatic carboxylic acids is 1.